The molecule has 0 unspecified atom stereocenters. The molecule has 1 saturated heterocycles. The summed E-state index contributed by atoms with van der Waals surface area (Å²) in [5.74, 6) is 0.891. The maximum Gasteiger partial charge on any atom is 0.223 e. The molecule has 1 aliphatic heterocycles. The SMILES string of the molecule is COc1cc2nc(N)n3nc([C@@H]4C[C@@H](C)CN(c5cnn(C(C)(C)CO)c5)C4)nc3c2cc1F. The topological polar surface area (TPSA) is 120 Å². The minimum absolute atomic E-state index is 0.00576. The number of rotatable bonds is 5. The molecule has 0 saturated carbocycles. The van der Waals surface area contributed by atoms with Gasteiger partial charge >= 0.3 is 0 Å². The molecule has 3 aromatic heterocycles. The Morgan fingerprint density at radius 2 is 2.06 bits per heavy atom. The van der Waals surface area contributed by atoms with E-state index in [9.17, 15) is 9.50 Å². The van der Waals surface area contributed by atoms with Gasteiger partial charge in [0.2, 0.25) is 5.95 Å². The predicted octanol–water partition coefficient (Wildman–Crippen LogP) is 2.56. The van der Waals surface area contributed by atoms with E-state index in [1.807, 2.05) is 26.2 Å². The Balaban J connectivity index is 1.51. The number of aromatic nitrogens is 6. The molecule has 2 atom stereocenters. The van der Waals surface area contributed by atoms with E-state index in [-0.39, 0.29) is 24.2 Å². The first kappa shape index (κ1) is 22.3. The van der Waals surface area contributed by atoms with E-state index >= 15 is 0 Å². The molecule has 4 aromatic rings. The van der Waals surface area contributed by atoms with Crippen LogP contribution in [-0.4, -0.2) is 61.3 Å². The zero-order valence-electron chi connectivity index (χ0n) is 19.7. The van der Waals surface area contributed by atoms with Crippen molar-refractivity contribution in [1.82, 2.24) is 29.4 Å². The molecule has 4 heterocycles. The van der Waals surface area contributed by atoms with Gasteiger partial charge in [0.1, 0.15) is 0 Å². The van der Waals surface area contributed by atoms with Crippen LogP contribution in [0.5, 0.6) is 5.75 Å². The molecule has 10 nitrogen and oxygen atoms in total. The van der Waals surface area contributed by atoms with Gasteiger partial charge in [-0.05, 0) is 32.3 Å². The number of aliphatic hydroxyl groups is 1. The van der Waals surface area contributed by atoms with Gasteiger partial charge < -0.3 is 20.5 Å². The molecule has 0 bridgehead atoms. The third-order valence-corrected chi connectivity index (χ3v) is 6.55. The number of hydrogen-bond donors (Lipinski definition) is 2. The molecule has 3 N–H and O–H groups in total. The Morgan fingerprint density at radius 1 is 1.26 bits per heavy atom. The fourth-order valence-electron chi connectivity index (χ4n) is 4.61. The average Bonchev–Trinajstić information content (AvgIpc) is 3.48. The van der Waals surface area contributed by atoms with Crippen LogP contribution in [0.25, 0.3) is 16.6 Å². The summed E-state index contributed by atoms with van der Waals surface area (Å²) in [5, 5.41) is 19.3. The highest BCUT2D eigenvalue weighted by molar-refractivity contribution is 5.93. The summed E-state index contributed by atoms with van der Waals surface area (Å²) < 4.78 is 22.8. The molecular formula is C23H29FN8O2. The fourth-order valence-corrected chi connectivity index (χ4v) is 4.61. The van der Waals surface area contributed by atoms with Crippen molar-refractivity contribution in [3.05, 3.63) is 36.2 Å². The minimum atomic E-state index is -0.492. The zero-order valence-corrected chi connectivity index (χ0v) is 19.7. The van der Waals surface area contributed by atoms with Gasteiger partial charge in [-0.1, -0.05) is 6.92 Å². The summed E-state index contributed by atoms with van der Waals surface area (Å²) >= 11 is 0. The number of nitrogen functional groups attached to an aromatic ring is 1. The van der Waals surface area contributed by atoms with Crippen molar-refractivity contribution in [2.75, 3.05) is 37.4 Å². The number of hydrogen-bond acceptors (Lipinski definition) is 8. The lowest BCUT2D eigenvalue weighted by Crippen LogP contribution is -2.39. The van der Waals surface area contributed by atoms with E-state index in [0.717, 1.165) is 18.7 Å². The van der Waals surface area contributed by atoms with Gasteiger partial charge in [0, 0.05) is 36.7 Å². The van der Waals surface area contributed by atoms with Crippen LogP contribution in [0.2, 0.25) is 0 Å². The average molecular weight is 469 g/mol. The molecule has 0 radical (unpaired) electrons. The van der Waals surface area contributed by atoms with Crippen LogP contribution in [-0.2, 0) is 5.54 Å². The summed E-state index contributed by atoms with van der Waals surface area (Å²) in [7, 11) is 1.41. The number of piperidine rings is 1. The summed E-state index contributed by atoms with van der Waals surface area (Å²) in [4.78, 5) is 11.4. The minimum Gasteiger partial charge on any atom is -0.494 e. The standard InChI is InChI=1S/C23H29FN8O2/c1-13-5-14(10-30(9-13)15-8-26-31(11-15)23(2,3)12-33)20-28-21-16-6-17(24)19(34-4)7-18(16)27-22(25)32(21)29-20/h6-8,11,13-14,33H,5,9-10,12H2,1-4H3,(H2,25,27)/t13-,14-/m1/s1. The Labute approximate surface area is 196 Å². The van der Waals surface area contributed by atoms with Crippen LogP contribution >= 0.6 is 0 Å². The highest BCUT2D eigenvalue weighted by atomic mass is 19.1. The first-order chi connectivity index (χ1) is 16.2. The molecule has 11 heteroatoms. The lowest BCUT2D eigenvalue weighted by molar-refractivity contribution is 0.152. The molecule has 1 aromatic carbocycles. The van der Waals surface area contributed by atoms with Crippen molar-refractivity contribution in [1.29, 1.82) is 0 Å². The van der Waals surface area contributed by atoms with Gasteiger partial charge in [0.25, 0.3) is 0 Å². The normalized spacial score (nSPS) is 19.3. The molecule has 5 rings (SSSR count). The highest BCUT2D eigenvalue weighted by Gasteiger charge is 2.31. The second kappa shape index (κ2) is 8.08. The van der Waals surface area contributed by atoms with E-state index < -0.39 is 11.4 Å². The number of nitrogens with zero attached hydrogens (tertiary/aromatic N) is 7. The molecule has 1 fully saturated rings. The van der Waals surface area contributed by atoms with E-state index in [1.165, 1.54) is 23.8 Å². The molecule has 0 aliphatic carbocycles. The van der Waals surface area contributed by atoms with Crippen LogP contribution in [0.4, 0.5) is 16.0 Å². The van der Waals surface area contributed by atoms with Gasteiger partial charge in [0.15, 0.2) is 23.0 Å². The Bertz CT molecular complexity index is 1360. The summed E-state index contributed by atoms with van der Waals surface area (Å²) in [6.45, 7) is 7.66. The van der Waals surface area contributed by atoms with Crippen molar-refractivity contribution in [3.8, 4) is 5.75 Å². The first-order valence-corrected chi connectivity index (χ1v) is 11.3. The van der Waals surface area contributed by atoms with Crippen molar-refractivity contribution < 1.29 is 14.2 Å². The van der Waals surface area contributed by atoms with E-state index in [0.29, 0.717) is 34.8 Å². The van der Waals surface area contributed by atoms with Crippen molar-refractivity contribution in [2.24, 2.45) is 5.92 Å². The molecule has 0 spiro atoms. The zero-order chi connectivity index (χ0) is 24.2. The third-order valence-electron chi connectivity index (χ3n) is 6.55. The van der Waals surface area contributed by atoms with Gasteiger partial charge in [-0.2, -0.15) is 9.61 Å². The Hall–Kier alpha value is -3.47. The maximum atomic E-state index is 14.4. The van der Waals surface area contributed by atoms with Gasteiger partial charge in [0.05, 0.1) is 36.7 Å². The van der Waals surface area contributed by atoms with E-state index in [1.54, 1.807) is 4.68 Å². The number of anilines is 2. The van der Waals surface area contributed by atoms with Gasteiger partial charge in [-0.3, -0.25) is 4.68 Å². The second-order valence-corrected chi connectivity index (χ2v) is 9.74. The smallest absolute Gasteiger partial charge is 0.223 e. The first-order valence-electron chi connectivity index (χ1n) is 11.3. The predicted molar refractivity (Wildman–Crippen MR) is 127 cm³/mol. The van der Waals surface area contributed by atoms with E-state index in [4.69, 9.17) is 15.5 Å². The van der Waals surface area contributed by atoms with Crippen LogP contribution in [0.1, 0.15) is 38.9 Å². The quantitative estimate of drug-likeness (QED) is 0.459. The molecule has 34 heavy (non-hydrogen) atoms. The summed E-state index contributed by atoms with van der Waals surface area (Å²) in [6, 6.07) is 2.88. The molecule has 180 valence electrons. The number of halogens is 1. The van der Waals surface area contributed by atoms with Crippen LogP contribution in [0, 0.1) is 11.7 Å². The lowest BCUT2D eigenvalue weighted by atomic mass is 9.89. The highest BCUT2D eigenvalue weighted by Crippen LogP contribution is 2.34. The largest absolute Gasteiger partial charge is 0.494 e. The number of ether oxygens (including phenoxy) is 1. The number of nitrogens with two attached hydrogens (primary N) is 1. The van der Waals surface area contributed by atoms with Gasteiger partial charge in [-0.25, -0.2) is 14.4 Å². The number of fused-ring (bicyclic) bond motifs is 3. The molecule has 1 aliphatic rings. The Kier molecular flexibility index (Phi) is 5.31. The summed E-state index contributed by atoms with van der Waals surface area (Å²) in [6.07, 6.45) is 4.71. The molecule has 0 amide bonds. The fraction of sp³-hybridized carbons (Fsp3) is 0.478. The monoisotopic (exact) mass is 468 g/mol. The van der Waals surface area contributed by atoms with Crippen molar-refractivity contribution in [2.45, 2.75) is 38.6 Å². The third kappa shape index (κ3) is 3.69. The van der Waals surface area contributed by atoms with Crippen LogP contribution in [0.3, 0.4) is 0 Å². The van der Waals surface area contributed by atoms with Crippen LogP contribution < -0.4 is 15.4 Å². The second-order valence-electron chi connectivity index (χ2n) is 9.74. The summed E-state index contributed by atoms with van der Waals surface area (Å²) in [5.41, 5.74) is 7.65. The number of benzene rings is 1. The maximum absolute atomic E-state index is 14.4. The van der Waals surface area contributed by atoms with Crippen molar-refractivity contribution in [3.63, 3.8) is 0 Å². The van der Waals surface area contributed by atoms with Crippen LogP contribution in [0.15, 0.2) is 24.5 Å². The lowest BCUT2D eigenvalue weighted by Gasteiger charge is -2.36. The van der Waals surface area contributed by atoms with Gasteiger partial charge in [-0.15, -0.1) is 5.10 Å². The van der Waals surface area contributed by atoms with E-state index in [2.05, 4.69) is 27.0 Å². The Morgan fingerprint density at radius 3 is 2.79 bits per heavy atom. The van der Waals surface area contributed by atoms with Crippen molar-refractivity contribution >= 4 is 28.2 Å². The number of aliphatic hydroxyl groups excluding tert-OH is 1. The molecular weight excluding hydrogens is 439 g/mol. The number of methoxy groups -OCH3 is 1.